The van der Waals surface area contributed by atoms with Crippen molar-refractivity contribution < 1.29 is 9.32 Å². The number of carbonyl (C=O) groups is 1. The van der Waals surface area contributed by atoms with Crippen molar-refractivity contribution in [3.8, 4) is 33.9 Å². The molecule has 0 saturated carbocycles. The first-order chi connectivity index (χ1) is 22.0. The van der Waals surface area contributed by atoms with Crippen molar-refractivity contribution in [3.05, 3.63) is 85.0 Å². The summed E-state index contributed by atoms with van der Waals surface area (Å²) in [6, 6.07) is 18.3. The third kappa shape index (κ3) is 5.94. The Morgan fingerprint density at radius 1 is 1.00 bits per heavy atom. The van der Waals surface area contributed by atoms with E-state index in [4.69, 9.17) is 25.2 Å². The van der Waals surface area contributed by atoms with Gasteiger partial charge >= 0.3 is 11.8 Å². The predicted octanol–water partition coefficient (Wildman–Crippen LogP) is 5.17. The van der Waals surface area contributed by atoms with Crippen LogP contribution in [0.15, 0.2) is 88.7 Å². The van der Waals surface area contributed by atoms with E-state index in [2.05, 4.69) is 51.6 Å². The Bertz CT molecular complexity index is 1910. The van der Waals surface area contributed by atoms with Crippen molar-refractivity contribution in [1.29, 1.82) is 0 Å². The number of nitrogens with two attached hydrogens (primary N) is 1. The first-order valence-corrected chi connectivity index (χ1v) is 15.1. The number of piperidine rings is 1. The van der Waals surface area contributed by atoms with E-state index < -0.39 is 0 Å². The average molecular weight is 600 g/mol. The maximum Gasteiger partial charge on any atom is 0.316 e. The maximum atomic E-state index is 13.0. The molecular formula is C34H33N9O2. The Morgan fingerprint density at radius 2 is 1.80 bits per heavy atom. The van der Waals surface area contributed by atoms with E-state index in [-0.39, 0.29) is 29.2 Å². The molecule has 11 nitrogen and oxygen atoms in total. The van der Waals surface area contributed by atoms with Crippen LogP contribution in [-0.2, 0) is 0 Å². The Morgan fingerprint density at radius 3 is 2.58 bits per heavy atom. The summed E-state index contributed by atoms with van der Waals surface area (Å²) >= 11 is 0. The standard InChI is InChI=1S/C34H33N9O2/c1-34(14-5-6-15-38-34)21-37-31-28-26(22-8-3-2-4-9-22)10-7-11-27(28)39-29(40-31)23-18-24(20-36-19-23)30-41-32(45-42-30)33(44)43-16-12-25(35)13-17-43/h2-11,15,18-20,25H,12-14,16-17,21,35H2,1H3,(H,37,39,40). The number of allylic oxidation sites excluding steroid dienone is 1. The van der Waals surface area contributed by atoms with Gasteiger partial charge in [-0.05, 0) is 55.5 Å². The molecule has 2 aromatic carbocycles. The first kappa shape index (κ1) is 28.5. The molecule has 0 radical (unpaired) electrons. The van der Waals surface area contributed by atoms with Crippen molar-refractivity contribution in [2.75, 3.05) is 25.0 Å². The normalized spacial score (nSPS) is 18.4. The highest BCUT2D eigenvalue weighted by Crippen LogP contribution is 2.35. The number of nitrogens with zero attached hydrogens (tertiary/aromatic N) is 7. The van der Waals surface area contributed by atoms with Crippen LogP contribution in [0.25, 0.3) is 44.8 Å². The minimum Gasteiger partial charge on any atom is -0.367 e. The number of benzene rings is 2. The largest absolute Gasteiger partial charge is 0.367 e. The average Bonchev–Trinajstić information content (AvgIpc) is 3.58. The summed E-state index contributed by atoms with van der Waals surface area (Å²) in [6.45, 7) is 3.85. The molecule has 3 aromatic heterocycles. The van der Waals surface area contributed by atoms with Crippen LogP contribution in [0.1, 0.15) is 36.9 Å². The zero-order valence-corrected chi connectivity index (χ0v) is 24.9. The van der Waals surface area contributed by atoms with Gasteiger partial charge in [0.2, 0.25) is 5.82 Å². The van der Waals surface area contributed by atoms with Crippen LogP contribution in [0.2, 0.25) is 0 Å². The zero-order chi connectivity index (χ0) is 30.8. The topological polar surface area (TPSA) is 148 Å². The molecule has 1 amide bonds. The molecule has 1 unspecified atom stereocenters. The minimum absolute atomic E-state index is 0.0542. The molecule has 45 heavy (non-hydrogen) atoms. The van der Waals surface area contributed by atoms with E-state index in [9.17, 15) is 4.79 Å². The molecule has 2 aliphatic rings. The summed E-state index contributed by atoms with van der Waals surface area (Å²) in [4.78, 5) is 38.2. The van der Waals surface area contributed by atoms with E-state index in [0.29, 0.717) is 42.4 Å². The van der Waals surface area contributed by atoms with Crippen LogP contribution in [0.4, 0.5) is 5.82 Å². The lowest BCUT2D eigenvalue weighted by molar-refractivity contribution is 0.0664. The lowest BCUT2D eigenvalue weighted by atomic mass is 9.96. The summed E-state index contributed by atoms with van der Waals surface area (Å²) in [5.41, 5.74) is 9.85. The second kappa shape index (κ2) is 12.0. The summed E-state index contributed by atoms with van der Waals surface area (Å²) < 4.78 is 5.37. The molecule has 1 fully saturated rings. The van der Waals surface area contributed by atoms with Gasteiger partial charge in [0.1, 0.15) is 5.82 Å². The Balaban J connectivity index is 1.24. The highest BCUT2D eigenvalue weighted by molar-refractivity contribution is 6.02. The number of rotatable bonds is 7. The molecule has 3 N–H and O–H groups in total. The smallest absolute Gasteiger partial charge is 0.316 e. The molecule has 226 valence electrons. The third-order valence-corrected chi connectivity index (χ3v) is 8.30. The van der Waals surface area contributed by atoms with Gasteiger partial charge in [-0.2, -0.15) is 4.98 Å². The van der Waals surface area contributed by atoms with Gasteiger partial charge in [-0.3, -0.25) is 14.8 Å². The van der Waals surface area contributed by atoms with Crippen molar-refractivity contribution in [2.24, 2.45) is 10.7 Å². The van der Waals surface area contributed by atoms with E-state index in [0.717, 1.165) is 41.3 Å². The zero-order valence-electron chi connectivity index (χ0n) is 24.9. The molecule has 0 bridgehead atoms. The summed E-state index contributed by atoms with van der Waals surface area (Å²) in [7, 11) is 0. The van der Waals surface area contributed by atoms with Gasteiger partial charge in [0.05, 0.1) is 16.4 Å². The number of likely N-dealkylation sites (tertiary alicyclic amines) is 1. The molecule has 0 spiro atoms. The van der Waals surface area contributed by atoms with Crippen LogP contribution < -0.4 is 11.1 Å². The van der Waals surface area contributed by atoms with Crippen LogP contribution in [0, 0.1) is 0 Å². The summed E-state index contributed by atoms with van der Waals surface area (Å²) in [5.74, 6) is 1.12. The van der Waals surface area contributed by atoms with Crippen LogP contribution >= 0.6 is 0 Å². The fraction of sp³-hybridized carbons (Fsp3) is 0.265. The maximum absolute atomic E-state index is 13.0. The van der Waals surface area contributed by atoms with Crippen molar-refractivity contribution >= 4 is 28.8 Å². The van der Waals surface area contributed by atoms with E-state index in [1.54, 1.807) is 17.3 Å². The fourth-order valence-corrected chi connectivity index (χ4v) is 5.70. The van der Waals surface area contributed by atoms with Gasteiger partial charge in [-0.25, -0.2) is 9.97 Å². The predicted molar refractivity (Wildman–Crippen MR) is 174 cm³/mol. The minimum atomic E-state index is -0.302. The van der Waals surface area contributed by atoms with Crippen LogP contribution in [-0.4, -0.2) is 73.3 Å². The van der Waals surface area contributed by atoms with Crippen molar-refractivity contribution in [1.82, 2.24) is 30.0 Å². The lowest BCUT2D eigenvalue weighted by Gasteiger charge is -2.28. The van der Waals surface area contributed by atoms with E-state index >= 15 is 0 Å². The van der Waals surface area contributed by atoms with Crippen LogP contribution in [0.3, 0.4) is 0 Å². The number of amides is 1. The number of dihydropyridines is 1. The molecule has 5 aromatic rings. The molecule has 5 heterocycles. The van der Waals surface area contributed by atoms with Gasteiger partial charge in [-0.1, -0.05) is 53.7 Å². The SMILES string of the molecule is CC1(CNc2nc(-c3cncc(-c4noc(C(=O)N5CCC(N)CC5)n4)c3)nc3cccc(-c4ccccc4)c23)CC=CC=N1. The Labute approximate surface area is 260 Å². The molecule has 1 saturated heterocycles. The molecule has 7 rings (SSSR count). The Kier molecular flexibility index (Phi) is 7.60. The van der Waals surface area contributed by atoms with E-state index in [1.807, 2.05) is 48.7 Å². The molecule has 2 aliphatic heterocycles. The molecular weight excluding hydrogens is 566 g/mol. The second-order valence-corrected chi connectivity index (χ2v) is 11.7. The first-order valence-electron chi connectivity index (χ1n) is 15.1. The van der Waals surface area contributed by atoms with Crippen molar-refractivity contribution in [2.45, 2.75) is 37.8 Å². The number of nitrogens with one attached hydrogen (secondary N) is 1. The van der Waals surface area contributed by atoms with Gasteiger partial charge in [-0.15, -0.1) is 0 Å². The van der Waals surface area contributed by atoms with E-state index in [1.165, 1.54) is 0 Å². The molecule has 0 aliphatic carbocycles. The third-order valence-electron chi connectivity index (χ3n) is 8.30. The van der Waals surface area contributed by atoms with Gasteiger partial charge in [0, 0.05) is 55.4 Å². The lowest BCUT2D eigenvalue weighted by Crippen LogP contribution is -2.42. The quantitative estimate of drug-likeness (QED) is 0.258. The Hall–Kier alpha value is -5.29. The molecule has 1 atom stereocenters. The van der Waals surface area contributed by atoms with Gasteiger partial charge in [0.25, 0.3) is 0 Å². The van der Waals surface area contributed by atoms with Gasteiger partial charge in [0.15, 0.2) is 5.82 Å². The number of fused-ring (bicyclic) bond motifs is 1. The highest BCUT2D eigenvalue weighted by atomic mass is 16.5. The van der Waals surface area contributed by atoms with Crippen LogP contribution in [0.5, 0.6) is 0 Å². The number of carbonyl (C=O) groups excluding carboxylic acids is 1. The molecule has 11 heteroatoms. The number of hydrogen-bond donors (Lipinski definition) is 2. The summed E-state index contributed by atoms with van der Waals surface area (Å²) in [5, 5.41) is 8.61. The highest BCUT2D eigenvalue weighted by Gasteiger charge is 2.27. The number of aromatic nitrogens is 5. The second-order valence-electron chi connectivity index (χ2n) is 11.7. The van der Waals surface area contributed by atoms with Gasteiger partial charge < -0.3 is 20.5 Å². The number of aliphatic imine (C=N–C) groups is 1. The number of hydrogen-bond acceptors (Lipinski definition) is 10. The van der Waals surface area contributed by atoms with Crippen molar-refractivity contribution in [3.63, 3.8) is 0 Å². The summed E-state index contributed by atoms with van der Waals surface area (Å²) in [6.07, 6.45) is 11.6. The monoisotopic (exact) mass is 599 g/mol. The fourth-order valence-electron chi connectivity index (χ4n) is 5.70. The number of anilines is 1. The number of pyridine rings is 1.